The van der Waals surface area contributed by atoms with Crippen molar-refractivity contribution in [2.24, 2.45) is 0 Å². The average Bonchev–Trinajstić information content (AvgIpc) is 2.75. The number of aromatic carboxylic acids is 1. The van der Waals surface area contributed by atoms with Crippen molar-refractivity contribution in [3.05, 3.63) is 34.5 Å². The van der Waals surface area contributed by atoms with Crippen LogP contribution in [0.2, 0.25) is 0 Å². The van der Waals surface area contributed by atoms with E-state index < -0.39 is 5.97 Å². The maximum Gasteiger partial charge on any atom is 0.337 e. The molecule has 1 heterocycles. The molecule has 4 nitrogen and oxygen atoms in total. The van der Waals surface area contributed by atoms with E-state index in [-0.39, 0.29) is 12.6 Å². The maximum absolute atomic E-state index is 11.7. The van der Waals surface area contributed by atoms with Crippen molar-refractivity contribution in [2.45, 2.75) is 53.0 Å². The van der Waals surface area contributed by atoms with Gasteiger partial charge in [0.1, 0.15) is 0 Å². The molecule has 0 bridgehead atoms. The number of hydrogen-bond acceptors (Lipinski definition) is 2. The first-order valence-electron chi connectivity index (χ1n) is 7.92. The number of carbonyl (C=O) groups is 1. The Morgan fingerprint density at radius 2 is 2.00 bits per heavy atom. The van der Waals surface area contributed by atoms with Gasteiger partial charge in [-0.25, -0.2) is 4.79 Å². The van der Waals surface area contributed by atoms with E-state index in [0.717, 1.165) is 40.6 Å². The lowest BCUT2D eigenvalue weighted by molar-refractivity contribution is 0.0698. The van der Waals surface area contributed by atoms with Crippen molar-refractivity contribution >= 4 is 16.9 Å². The van der Waals surface area contributed by atoms with Gasteiger partial charge in [-0.05, 0) is 63.3 Å². The van der Waals surface area contributed by atoms with Crippen LogP contribution in [0, 0.1) is 6.92 Å². The second-order valence-electron chi connectivity index (χ2n) is 6.05. The number of aromatic nitrogens is 1. The Morgan fingerprint density at radius 1 is 1.32 bits per heavy atom. The van der Waals surface area contributed by atoms with Crippen molar-refractivity contribution in [3.8, 4) is 0 Å². The van der Waals surface area contributed by atoms with E-state index >= 15 is 0 Å². The smallest absolute Gasteiger partial charge is 0.337 e. The number of hydrogen-bond donors (Lipinski definition) is 2. The Labute approximate surface area is 131 Å². The van der Waals surface area contributed by atoms with E-state index in [1.165, 1.54) is 0 Å². The molecular weight excluding hydrogens is 278 g/mol. The van der Waals surface area contributed by atoms with Gasteiger partial charge in [0.05, 0.1) is 11.1 Å². The predicted molar refractivity (Wildman–Crippen MR) is 88.8 cm³/mol. The van der Waals surface area contributed by atoms with Crippen LogP contribution in [-0.2, 0) is 12.8 Å². The minimum Gasteiger partial charge on any atom is -0.478 e. The Kier molecular flexibility index (Phi) is 4.91. The van der Waals surface area contributed by atoms with Crippen LogP contribution >= 0.6 is 0 Å². The second kappa shape index (κ2) is 6.53. The number of aliphatic hydroxyl groups is 1. The summed E-state index contributed by atoms with van der Waals surface area (Å²) in [6.07, 6.45) is 2.27. The first-order chi connectivity index (χ1) is 10.4. The molecule has 22 heavy (non-hydrogen) atoms. The average molecular weight is 303 g/mol. The monoisotopic (exact) mass is 303 g/mol. The van der Waals surface area contributed by atoms with E-state index in [1.807, 2.05) is 13.8 Å². The quantitative estimate of drug-likeness (QED) is 0.855. The predicted octanol–water partition coefficient (Wildman–Crippen LogP) is 3.72. The molecule has 1 aromatic heterocycles. The summed E-state index contributed by atoms with van der Waals surface area (Å²) < 4.78 is 2.12. The van der Waals surface area contributed by atoms with Crippen LogP contribution in [-0.4, -0.2) is 27.4 Å². The fourth-order valence-corrected chi connectivity index (χ4v) is 3.28. The molecule has 0 atom stereocenters. The number of aliphatic hydroxyl groups excluding tert-OH is 1. The molecule has 0 aliphatic rings. The number of carboxylic acid groups (broad SMARTS) is 1. The molecular formula is C18H25NO3. The highest BCUT2D eigenvalue weighted by Gasteiger charge is 2.21. The van der Waals surface area contributed by atoms with Crippen molar-refractivity contribution < 1.29 is 15.0 Å². The van der Waals surface area contributed by atoms with E-state index in [0.29, 0.717) is 12.0 Å². The Balaban J connectivity index is 2.87. The zero-order chi connectivity index (χ0) is 16.4. The first-order valence-corrected chi connectivity index (χ1v) is 7.92. The van der Waals surface area contributed by atoms with Gasteiger partial charge in [-0.3, -0.25) is 0 Å². The zero-order valence-corrected chi connectivity index (χ0v) is 13.8. The van der Waals surface area contributed by atoms with E-state index in [1.54, 1.807) is 6.07 Å². The lowest BCUT2D eigenvalue weighted by atomic mass is 10.00. The standard InChI is InChI=1S/C18H25NO3/c1-5-13-9-15-14(7-6-8-20)12(4)19(11(2)3)17(15)16(10-13)18(21)22/h9-11,20H,5-8H2,1-4H3,(H,21,22). The minimum atomic E-state index is -0.881. The van der Waals surface area contributed by atoms with Crippen LogP contribution in [0.15, 0.2) is 12.1 Å². The van der Waals surface area contributed by atoms with Crippen LogP contribution in [0.25, 0.3) is 10.9 Å². The zero-order valence-electron chi connectivity index (χ0n) is 13.8. The number of nitrogens with zero attached hydrogens (tertiary/aromatic N) is 1. The molecule has 120 valence electrons. The highest BCUT2D eigenvalue weighted by atomic mass is 16.4. The summed E-state index contributed by atoms with van der Waals surface area (Å²) in [7, 11) is 0. The van der Waals surface area contributed by atoms with Gasteiger partial charge in [0.15, 0.2) is 0 Å². The lowest BCUT2D eigenvalue weighted by Crippen LogP contribution is -2.07. The third kappa shape index (κ3) is 2.75. The number of fused-ring (bicyclic) bond motifs is 1. The summed E-state index contributed by atoms with van der Waals surface area (Å²) in [5.74, 6) is -0.881. The minimum absolute atomic E-state index is 0.146. The van der Waals surface area contributed by atoms with Gasteiger partial charge in [-0.2, -0.15) is 0 Å². The van der Waals surface area contributed by atoms with Gasteiger partial charge in [0.2, 0.25) is 0 Å². The van der Waals surface area contributed by atoms with Gasteiger partial charge in [-0.15, -0.1) is 0 Å². The lowest BCUT2D eigenvalue weighted by Gasteiger charge is -2.14. The maximum atomic E-state index is 11.7. The van der Waals surface area contributed by atoms with Crippen LogP contribution in [0.1, 0.15) is 60.4 Å². The summed E-state index contributed by atoms with van der Waals surface area (Å²) in [6, 6.07) is 4.09. The number of carboxylic acids is 1. The SMILES string of the molecule is CCc1cc(C(=O)O)c2c(c1)c(CCCO)c(C)n2C(C)C. The highest BCUT2D eigenvalue weighted by molar-refractivity contribution is 6.04. The molecule has 2 aromatic rings. The molecule has 0 aliphatic heterocycles. The first kappa shape index (κ1) is 16.6. The molecule has 0 saturated heterocycles. The summed E-state index contributed by atoms with van der Waals surface area (Å²) in [5.41, 5.74) is 4.49. The Morgan fingerprint density at radius 3 is 2.50 bits per heavy atom. The number of benzene rings is 1. The molecule has 0 unspecified atom stereocenters. The largest absolute Gasteiger partial charge is 0.478 e. The van der Waals surface area contributed by atoms with Crippen LogP contribution in [0.3, 0.4) is 0 Å². The van der Waals surface area contributed by atoms with Gasteiger partial charge in [0.25, 0.3) is 0 Å². The van der Waals surface area contributed by atoms with E-state index in [4.69, 9.17) is 5.11 Å². The topological polar surface area (TPSA) is 62.5 Å². The number of rotatable bonds is 6. The van der Waals surface area contributed by atoms with Gasteiger partial charge < -0.3 is 14.8 Å². The second-order valence-corrected chi connectivity index (χ2v) is 6.05. The van der Waals surface area contributed by atoms with Crippen LogP contribution in [0.4, 0.5) is 0 Å². The molecule has 0 radical (unpaired) electrons. The molecule has 0 saturated carbocycles. The van der Waals surface area contributed by atoms with E-state index in [2.05, 4.69) is 24.5 Å². The van der Waals surface area contributed by atoms with Gasteiger partial charge in [0, 0.05) is 23.7 Å². The fraction of sp³-hybridized carbons (Fsp3) is 0.500. The molecule has 0 spiro atoms. The Bertz CT molecular complexity index is 698. The molecule has 0 fully saturated rings. The molecule has 4 heteroatoms. The van der Waals surface area contributed by atoms with Crippen LogP contribution in [0.5, 0.6) is 0 Å². The Hall–Kier alpha value is -1.81. The van der Waals surface area contributed by atoms with Crippen molar-refractivity contribution in [1.82, 2.24) is 4.57 Å². The summed E-state index contributed by atoms with van der Waals surface area (Å²) in [5, 5.41) is 19.8. The van der Waals surface area contributed by atoms with Gasteiger partial charge >= 0.3 is 5.97 Å². The third-order valence-corrected chi connectivity index (χ3v) is 4.27. The highest BCUT2D eigenvalue weighted by Crippen LogP contribution is 2.33. The fourth-order valence-electron chi connectivity index (χ4n) is 3.28. The van der Waals surface area contributed by atoms with Crippen LogP contribution < -0.4 is 0 Å². The van der Waals surface area contributed by atoms with Crippen molar-refractivity contribution in [2.75, 3.05) is 6.61 Å². The third-order valence-electron chi connectivity index (χ3n) is 4.27. The van der Waals surface area contributed by atoms with Gasteiger partial charge in [-0.1, -0.05) is 6.92 Å². The van der Waals surface area contributed by atoms with Crippen molar-refractivity contribution in [3.63, 3.8) is 0 Å². The summed E-state index contributed by atoms with van der Waals surface area (Å²) >= 11 is 0. The normalized spacial score (nSPS) is 11.5. The summed E-state index contributed by atoms with van der Waals surface area (Å²) in [4.78, 5) is 11.7. The molecule has 0 amide bonds. The molecule has 2 rings (SSSR count). The number of aryl methyl sites for hydroxylation is 2. The van der Waals surface area contributed by atoms with E-state index in [9.17, 15) is 9.90 Å². The summed E-state index contributed by atoms with van der Waals surface area (Å²) in [6.45, 7) is 8.37. The molecule has 1 aromatic carbocycles. The molecule has 0 aliphatic carbocycles. The van der Waals surface area contributed by atoms with Crippen molar-refractivity contribution in [1.29, 1.82) is 0 Å². The molecule has 2 N–H and O–H groups in total.